The van der Waals surface area contributed by atoms with Crippen LogP contribution in [0.25, 0.3) is 0 Å². The summed E-state index contributed by atoms with van der Waals surface area (Å²) in [6.07, 6.45) is 0.802. The molecule has 1 fully saturated rings. The highest BCUT2D eigenvalue weighted by Gasteiger charge is 2.53. The Labute approximate surface area is 152 Å². The van der Waals surface area contributed by atoms with Crippen molar-refractivity contribution in [3.63, 3.8) is 0 Å². The summed E-state index contributed by atoms with van der Waals surface area (Å²) >= 11 is 2.16. The lowest BCUT2D eigenvalue weighted by molar-refractivity contribution is 0.00578. The molecule has 0 amide bonds. The highest BCUT2D eigenvalue weighted by molar-refractivity contribution is 14.2. The van der Waals surface area contributed by atoms with Crippen LogP contribution in [0.1, 0.15) is 38.1 Å². The molecule has 126 valence electrons. The molecule has 0 N–H and O–H groups in total. The molecule has 1 aliphatic rings. The molecule has 1 saturated heterocycles. The largest absolute Gasteiger partial charge is 0.499 e. The van der Waals surface area contributed by atoms with Crippen LogP contribution in [0.5, 0.6) is 5.75 Å². The second kappa shape index (κ2) is 7.78. The SMILES string of the molecule is CC1(C)OB(c2c(C=O)cccc2OCCOPI)OC1(C)C. The van der Waals surface area contributed by atoms with Crippen molar-refractivity contribution in [1.82, 2.24) is 0 Å². The van der Waals surface area contributed by atoms with Crippen LogP contribution in [0.4, 0.5) is 0 Å². The van der Waals surface area contributed by atoms with E-state index in [2.05, 4.69) is 22.0 Å². The van der Waals surface area contributed by atoms with Gasteiger partial charge in [-0.25, -0.2) is 0 Å². The van der Waals surface area contributed by atoms with Gasteiger partial charge in [-0.1, -0.05) is 12.1 Å². The molecule has 1 unspecified atom stereocenters. The monoisotopic (exact) mass is 450 g/mol. The maximum atomic E-state index is 11.4. The van der Waals surface area contributed by atoms with Crippen molar-refractivity contribution in [3.8, 4) is 5.75 Å². The summed E-state index contributed by atoms with van der Waals surface area (Å²) in [5.74, 6) is 0.591. The van der Waals surface area contributed by atoms with E-state index in [1.807, 2.05) is 33.8 Å². The molecule has 1 heterocycles. The zero-order valence-corrected chi connectivity index (χ0v) is 16.9. The van der Waals surface area contributed by atoms with Crippen LogP contribution >= 0.6 is 28.5 Å². The second-order valence-corrected chi connectivity index (χ2v) is 8.00. The zero-order chi connectivity index (χ0) is 17.1. The standard InChI is InChI=1S/C15H21BIO5P/c1-14(2)15(3,4)22-16(21-14)13-11(10-18)6-5-7-12(13)19-8-9-20-23-17/h5-7,10,23H,8-9H2,1-4H3. The Bertz CT molecular complexity index is 551. The zero-order valence-electron chi connectivity index (χ0n) is 13.7. The van der Waals surface area contributed by atoms with Gasteiger partial charge in [0, 0.05) is 11.0 Å². The summed E-state index contributed by atoms with van der Waals surface area (Å²) in [7, 11) is -0.635. The Morgan fingerprint density at radius 1 is 1.22 bits per heavy atom. The number of halogens is 1. The summed E-state index contributed by atoms with van der Waals surface area (Å²) in [5.41, 5.74) is 0.197. The topological polar surface area (TPSA) is 54.0 Å². The summed E-state index contributed by atoms with van der Waals surface area (Å²) in [5, 5.41) is 0. The van der Waals surface area contributed by atoms with Crippen LogP contribution < -0.4 is 10.2 Å². The molecule has 0 aromatic heterocycles. The van der Waals surface area contributed by atoms with Gasteiger partial charge in [0.1, 0.15) is 18.6 Å². The summed E-state index contributed by atoms with van der Waals surface area (Å²) in [4.78, 5) is 11.4. The van der Waals surface area contributed by atoms with E-state index in [0.29, 0.717) is 36.4 Å². The first-order chi connectivity index (χ1) is 10.8. The van der Waals surface area contributed by atoms with Crippen molar-refractivity contribution in [2.75, 3.05) is 13.2 Å². The number of ether oxygens (including phenoxy) is 1. The molecule has 1 aromatic carbocycles. The van der Waals surface area contributed by atoms with Crippen molar-refractivity contribution in [1.29, 1.82) is 0 Å². The molecule has 2 rings (SSSR count). The Kier molecular flexibility index (Phi) is 6.47. The van der Waals surface area contributed by atoms with E-state index in [1.54, 1.807) is 12.1 Å². The van der Waals surface area contributed by atoms with E-state index in [1.165, 1.54) is 0 Å². The van der Waals surface area contributed by atoms with E-state index in [0.717, 1.165) is 6.29 Å². The fourth-order valence-corrected chi connectivity index (χ4v) is 3.06. The van der Waals surface area contributed by atoms with E-state index in [-0.39, 0.29) is 0 Å². The number of carbonyl (C=O) groups is 1. The lowest BCUT2D eigenvalue weighted by atomic mass is 9.75. The van der Waals surface area contributed by atoms with Crippen molar-refractivity contribution in [2.24, 2.45) is 0 Å². The molecule has 5 nitrogen and oxygen atoms in total. The van der Waals surface area contributed by atoms with Gasteiger partial charge in [0.25, 0.3) is 0 Å². The minimum Gasteiger partial charge on any atom is -0.492 e. The fraction of sp³-hybridized carbons (Fsp3) is 0.533. The lowest BCUT2D eigenvalue weighted by Gasteiger charge is -2.32. The van der Waals surface area contributed by atoms with E-state index < -0.39 is 18.3 Å². The predicted molar refractivity (Wildman–Crippen MR) is 101 cm³/mol. The third kappa shape index (κ3) is 4.26. The molecule has 1 atom stereocenters. The lowest BCUT2D eigenvalue weighted by Crippen LogP contribution is -2.41. The van der Waals surface area contributed by atoms with E-state index in [9.17, 15) is 4.79 Å². The first-order valence-electron chi connectivity index (χ1n) is 7.36. The molecule has 1 aromatic rings. The third-order valence-corrected chi connectivity index (χ3v) is 5.46. The van der Waals surface area contributed by atoms with Gasteiger partial charge in [0.15, 0.2) is 0 Å². The Balaban J connectivity index is 2.28. The van der Waals surface area contributed by atoms with Crippen LogP contribution in [-0.2, 0) is 13.8 Å². The minimum absolute atomic E-state index is 0.395. The molecule has 23 heavy (non-hydrogen) atoms. The van der Waals surface area contributed by atoms with Gasteiger partial charge in [0.2, 0.25) is 0 Å². The quantitative estimate of drug-likeness (QED) is 0.210. The molecule has 1 aliphatic heterocycles. The average Bonchev–Trinajstić information content (AvgIpc) is 2.71. The second-order valence-electron chi connectivity index (χ2n) is 6.24. The van der Waals surface area contributed by atoms with Crippen LogP contribution in [0, 0.1) is 0 Å². The van der Waals surface area contributed by atoms with Gasteiger partial charge in [-0.15, -0.1) is 0 Å². The number of carbonyl (C=O) groups excluding carboxylic acids is 1. The van der Waals surface area contributed by atoms with Gasteiger partial charge >= 0.3 is 7.12 Å². The maximum Gasteiger partial charge on any atom is 0.499 e. The first kappa shape index (κ1) is 19.1. The van der Waals surface area contributed by atoms with Crippen LogP contribution in [0.15, 0.2) is 18.2 Å². The van der Waals surface area contributed by atoms with Crippen molar-refractivity contribution < 1.29 is 23.4 Å². The summed E-state index contributed by atoms with van der Waals surface area (Å²) < 4.78 is 23.2. The van der Waals surface area contributed by atoms with Gasteiger partial charge < -0.3 is 18.6 Å². The Morgan fingerprint density at radius 3 is 2.43 bits per heavy atom. The normalized spacial score (nSPS) is 19.4. The molecular formula is C15H21BIO5P. The summed E-state index contributed by atoms with van der Waals surface area (Å²) in [6.45, 7) is 9.21. The molecule has 8 heteroatoms. The molecular weight excluding hydrogens is 429 g/mol. The van der Waals surface area contributed by atoms with Gasteiger partial charge in [-0.2, -0.15) is 0 Å². The van der Waals surface area contributed by atoms with Gasteiger partial charge in [-0.05, 0) is 55.8 Å². The summed E-state index contributed by atoms with van der Waals surface area (Å²) in [6, 6.07) is 5.34. The number of benzene rings is 1. The molecule has 0 aliphatic carbocycles. The molecule has 0 bridgehead atoms. The highest BCUT2D eigenvalue weighted by atomic mass is 127. The Morgan fingerprint density at radius 2 is 1.87 bits per heavy atom. The number of hydrogen-bond acceptors (Lipinski definition) is 5. The predicted octanol–water partition coefficient (Wildman–Crippen LogP) is 3.14. The Hall–Kier alpha value is -0.205. The van der Waals surface area contributed by atoms with Gasteiger partial charge in [0.05, 0.1) is 24.3 Å². The number of hydrogen-bond donors (Lipinski definition) is 0. The van der Waals surface area contributed by atoms with Crippen molar-refractivity contribution in [3.05, 3.63) is 23.8 Å². The number of aldehydes is 1. The van der Waals surface area contributed by atoms with Gasteiger partial charge in [-0.3, -0.25) is 4.79 Å². The van der Waals surface area contributed by atoms with Crippen LogP contribution in [0.3, 0.4) is 0 Å². The van der Waals surface area contributed by atoms with Crippen LogP contribution in [-0.4, -0.2) is 37.8 Å². The average molecular weight is 450 g/mol. The maximum absolute atomic E-state index is 11.4. The number of rotatable bonds is 7. The van der Waals surface area contributed by atoms with Crippen molar-refractivity contribution in [2.45, 2.75) is 38.9 Å². The minimum atomic E-state index is -0.635. The molecule has 0 radical (unpaired) electrons. The molecule has 0 saturated carbocycles. The third-order valence-electron chi connectivity index (χ3n) is 4.21. The highest BCUT2D eigenvalue weighted by Crippen LogP contribution is 2.37. The fourth-order valence-electron chi connectivity index (χ4n) is 2.23. The van der Waals surface area contributed by atoms with E-state index >= 15 is 0 Å². The smallest absolute Gasteiger partial charge is 0.492 e. The van der Waals surface area contributed by atoms with E-state index in [4.69, 9.17) is 18.6 Å². The van der Waals surface area contributed by atoms with Crippen LogP contribution in [0.2, 0.25) is 0 Å². The molecule has 0 spiro atoms. The van der Waals surface area contributed by atoms with Crippen molar-refractivity contribution >= 4 is 47.4 Å². The first-order valence-corrected chi connectivity index (χ1v) is 11.4.